The predicted molar refractivity (Wildman–Crippen MR) is 63.9 cm³/mol. The number of carbonyl (C=O) groups excluding carboxylic acids is 1. The largest absolute Gasteiger partial charge is 0.515 e. The summed E-state index contributed by atoms with van der Waals surface area (Å²) in [6.07, 6.45) is 1.17. The summed E-state index contributed by atoms with van der Waals surface area (Å²) in [7, 11) is 0. The maximum absolute atomic E-state index is 11.2. The van der Waals surface area contributed by atoms with Gasteiger partial charge >= 0.3 is 6.16 Å². The Bertz CT molecular complexity index is 319. The summed E-state index contributed by atoms with van der Waals surface area (Å²) in [6, 6.07) is 8.77. The van der Waals surface area contributed by atoms with Crippen molar-refractivity contribution in [2.24, 2.45) is 0 Å². The van der Waals surface area contributed by atoms with Crippen LogP contribution in [0.5, 0.6) is 5.75 Å². The highest BCUT2D eigenvalue weighted by Crippen LogP contribution is 2.09. The van der Waals surface area contributed by atoms with Gasteiger partial charge in [-0.1, -0.05) is 32.0 Å². The number of ether oxygens (including phenoxy) is 3. The Morgan fingerprint density at radius 2 is 1.82 bits per heavy atom. The van der Waals surface area contributed by atoms with E-state index in [-0.39, 0.29) is 12.9 Å². The molecule has 0 N–H and O–H groups in total. The van der Waals surface area contributed by atoms with E-state index in [1.165, 1.54) is 0 Å². The second kappa shape index (κ2) is 7.68. The second-order valence-electron chi connectivity index (χ2n) is 3.53. The van der Waals surface area contributed by atoms with Crippen LogP contribution in [0.1, 0.15) is 26.7 Å². The molecule has 1 aromatic carbocycles. The average Bonchev–Trinajstić information content (AvgIpc) is 2.36. The number of benzene rings is 1. The number of rotatable bonds is 6. The van der Waals surface area contributed by atoms with Crippen molar-refractivity contribution in [1.29, 1.82) is 0 Å². The zero-order valence-electron chi connectivity index (χ0n) is 10.2. The Kier molecular flexibility index (Phi) is 6.10. The van der Waals surface area contributed by atoms with Gasteiger partial charge in [0.15, 0.2) is 6.79 Å². The zero-order chi connectivity index (χ0) is 12.5. The number of hydrogen-bond acceptors (Lipinski definition) is 4. The maximum atomic E-state index is 11.2. The van der Waals surface area contributed by atoms with Gasteiger partial charge in [0.1, 0.15) is 5.75 Å². The highest BCUT2D eigenvalue weighted by Gasteiger charge is 2.08. The smallest absolute Gasteiger partial charge is 0.407 e. The molecule has 0 radical (unpaired) electrons. The van der Waals surface area contributed by atoms with Gasteiger partial charge < -0.3 is 14.2 Å². The highest BCUT2D eigenvalue weighted by molar-refractivity contribution is 5.63. The number of para-hydroxylation sites is 1. The van der Waals surface area contributed by atoms with Crippen LogP contribution >= 0.6 is 0 Å². The summed E-state index contributed by atoms with van der Waals surface area (Å²) in [5.41, 5.74) is 0. The van der Waals surface area contributed by atoms with E-state index in [0.717, 1.165) is 12.8 Å². The van der Waals surface area contributed by atoms with Gasteiger partial charge in [-0.15, -0.1) is 0 Å². The van der Waals surface area contributed by atoms with Crippen LogP contribution in [-0.2, 0) is 9.47 Å². The minimum absolute atomic E-state index is 0.0714. The molecular formula is C13H18O4. The van der Waals surface area contributed by atoms with Crippen molar-refractivity contribution in [3.8, 4) is 5.75 Å². The van der Waals surface area contributed by atoms with E-state index >= 15 is 0 Å². The summed E-state index contributed by atoms with van der Waals surface area (Å²) in [5, 5.41) is 0. The van der Waals surface area contributed by atoms with Gasteiger partial charge in [-0.05, 0) is 25.0 Å². The summed E-state index contributed by atoms with van der Waals surface area (Å²) >= 11 is 0. The van der Waals surface area contributed by atoms with E-state index in [0.29, 0.717) is 5.75 Å². The first-order valence-electron chi connectivity index (χ1n) is 5.77. The molecule has 0 aromatic heterocycles. The fourth-order valence-corrected chi connectivity index (χ4v) is 1.32. The third-order valence-corrected chi connectivity index (χ3v) is 2.34. The van der Waals surface area contributed by atoms with E-state index in [1.54, 1.807) is 24.3 Å². The lowest BCUT2D eigenvalue weighted by atomic mass is 10.2. The van der Waals surface area contributed by atoms with Crippen molar-refractivity contribution in [3.63, 3.8) is 0 Å². The van der Waals surface area contributed by atoms with Crippen LogP contribution < -0.4 is 4.74 Å². The summed E-state index contributed by atoms with van der Waals surface area (Å²) in [4.78, 5) is 11.2. The second-order valence-corrected chi connectivity index (χ2v) is 3.53. The monoisotopic (exact) mass is 238 g/mol. The van der Waals surface area contributed by atoms with E-state index in [1.807, 2.05) is 19.9 Å². The summed E-state index contributed by atoms with van der Waals surface area (Å²) in [5.74, 6) is 0.458. The van der Waals surface area contributed by atoms with Crippen molar-refractivity contribution < 1.29 is 19.0 Å². The molecule has 4 nitrogen and oxygen atoms in total. The lowest BCUT2D eigenvalue weighted by Crippen LogP contribution is -2.17. The van der Waals surface area contributed by atoms with E-state index < -0.39 is 6.16 Å². The van der Waals surface area contributed by atoms with Gasteiger partial charge in [0.2, 0.25) is 0 Å². The molecule has 1 aromatic rings. The van der Waals surface area contributed by atoms with E-state index in [9.17, 15) is 4.79 Å². The van der Waals surface area contributed by atoms with Crippen LogP contribution in [0, 0.1) is 0 Å². The molecule has 4 heteroatoms. The summed E-state index contributed by atoms with van der Waals surface area (Å²) in [6.45, 7) is 3.98. The quantitative estimate of drug-likeness (QED) is 0.433. The minimum Gasteiger partial charge on any atom is -0.407 e. The molecule has 0 heterocycles. The fraction of sp³-hybridized carbons (Fsp3) is 0.462. The van der Waals surface area contributed by atoms with Crippen LogP contribution in [0.3, 0.4) is 0 Å². The molecule has 0 saturated heterocycles. The Balaban J connectivity index is 2.22. The van der Waals surface area contributed by atoms with Crippen molar-refractivity contribution in [2.75, 3.05) is 6.79 Å². The van der Waals surface area contributed by atoms with Crippen molar-refractivity contribution in [1.82, 2.24) is 0 Å². The predicted octanol–water partition coefficient (Wildman–Crippen LogP) is 3.36. The standard InChI is InChI=1S/C13H18O4/c1-3-11(4-2)15-10-16-13(14)17-12-8-6-5-7-9-12/h5-9,11H,3-4,10H2,1-2H3. The third-order valence-electron chi connectivity index (χ3n) is 2.34. The van der Waals surface area contributed by atoms with Gasteiger partial charge in [0.05, 0.1) is 6.10 Å². The average molecular weight is 238 g/mol. The van der Waals surface area contributed by atoms with Gasteiger partial charge in [-0.3, -0.25) is 0 Å². The number of hydrogen-bond donors (Lipinski definition) is 0. The lowest BCUT2D eigenvalue weighted by Gasteiger charge is -2.13. The highest BCUT2D eigenvalue weighted by atomic mass is 16.8. The van der Waals surface area contributed by atoms with Crippen LogP contribution in [0.25, 0.3) is 0 Å². The van der Waals surface area contributed by atoms with Gasteiger partial charge in [0, 0.05) is 0 Å². The molecule has 0 unspecified atom stereocenters. The number of carbonyl (C=O) groups is 1. The first-order chi connectivity index (χ1) is 8.26. The molecule has 0 spiro atoms. The van der Waals surface area contributed by atoms with Crippen LogP contribution in [0.15, 0.2) is 30.3 Å². The molecule has 0 amide bonds. The SMILES string of the molecule is CCC(CC)OCOC(=O)Oc1ccccc1. The zero-order valence-corrected chi connectivity index (χ0v) is 10.2. The van der Waals surface area contributed by atoms with E-state index in [4.69, 9.17) is 14.2 Å². The maximum Gasteiger partial charge on any atom is 0.515 e. The van der Waals surface area contributed by atoms with Crippen LogP contribution in [0.2, 0.25) is 0 Å². The molecule has 0 saturated carbocycles. The van der Waals surface area contributed by atoms with Crippen LogP contribution in [-0.4, -0.2) is 19.1 Å². The Morgan fingerprint density at radius 1 is 1.18 bits per heavy atom. The van der Waals surface area contributed by atoms with Crippen molar-refractivity contribution >= 4 is 6.16 Å². The molecule has 0 aliphatic rings. The van der Waals surface area contributed by atoms with Crippen molar-refractivity contribution in [2.45, 2.75) is 32.8 Å². The normalized spacial score (nSPS) is 10.3. The first kappa shape index (κ1) is 13.5. The Hall–Kier alpha value is -1.55. The van der Waals surface area contributed by atoms with Crippen LogP contribution in [0.4, 0.5) is 4.79 Å². The lowest BCUT2D eigenvalue weighted by molar-refractivity contribution is -0.0691. The molecule has 0 aliphatic heterocycles. The van der Waals surface area contributed by atoms with E-state index in [2.05, 4.69) is 0 Å². The fourth-order valence-electron chi connectivity index (χ4n) is 1.32. The molecular weight excluding hydrogens is 220 g/mol. The molecule has 17 heavy (non-hydrogen) atoms. The molecule has 0 bridgehead atoms. The Labute approximate surface area is 101 Å². The van der Waals surface area contributed by atoms with Gasteiger partial charge in [0.25, 0.3) is 0 Å². The molecule has 0 fully saturated rings. The van der Waals surface area contributed by atoms with Gasteiger partial charge in [-0.2, -0.15) is 0 Å². The van der Waals surface area contributed by atoms with Gasteiger partial charge in [-0.25, -0.2) is 4.79 Å². The summed E-state index contributed by atoms with van der Waals surface area (Å²) < 4.78 is 15.0. The molecule has 0 aliphatic carbocycles. The minimum atomic E-state index is -0.748. The van der Waals surface area contributed by atoms with Crippen molar-refractivity contribution in [3.05, 3.63) is 30.3 Å². The topological polar surface area (TPSA) is 44.8 Å². The molecule has 94 valence electrons. The third kappa shape index (κ3) is 5.36. The molecule has 1 rings (SSSR count). The molecule has 0 atom stereocenters. The Morgan fingerprint density at radius 3 is 2.41 bits per heavy atom. The first-order valence-corrected chi connectivity index (χ1v) is 5.77.